The van der Waals surface area contributed by atoms with E-state index < -0.39 is 5.76 Å². The van der Waals surface area contributed by atoms with Gasteiger partial charge in [-0.2, -0.15) is 4.68 Å². The minimum absolute atomic E-state index is 0.214. The number of piperazine rings is 1. The van der Waals surface area contributed by atoms with E-state index in [-0.39, 0.29) is 11.7 Å². The standard InChI is InChI=1S/C18H19FN4O2S/c19-15-5-3-14(4-6-15)17-20-23(18(24)25-17)13-22-9-7-21(8-10-22)12-16-2-1-11-26-16/h1-6,11H,7-10,12-13H2. The van der Waals surface area contributed by atoms with Crippen molar-refractivity contribution in [2.45, 2.75) is 13.2 Å². The summed E-state index contributed by atoms with van der Waals surface area (Å²) in [7, 11) is 0. The first kappa shape index (κ1) is 17.1. The Morgan fingerprint density at radius 3 is 2.50 bits per heavy atom. The molecule has 0 spiro atoms. The molecule has 0 bridgehead atoms. The lowest BCUT2D eigenvalue weighted by Gasteiger charge is -2.33. The first-order valence-corrected chi connectivity index (χ1v) is 9.36. The van der Waals surface area contributed by atoms with Crippen molar-refractivity contribution in [3.63, 3.8) is 0 Å². The molecule has 0 atom stereocenters. The lowest BCUT2D eigenvalue weighted by atomic mass is 10.2. The lowest BCUT2D eigenvalue weighted by Crippen LogP contribution is -2.47. The fraction of sp³-hybridized carbons (Fsp3) is 0.333. The molecule has 1 aliphatic rings. The van der Waals surface area contributed by atoms with Crippen LogP contribution in [0.2, 0.25) is 0 Å². The maximum atomic E-state index is 13.0. The summed E-state index contributed by atoms with van der Waals surface area (Å²) in [6.07, 6.45) is 0. The van der Waals surface area contributed by atoms with Gasteiger partial charge in [0.1, 0.15) is 12.5 Å². The second-order valence-electron chi connectivity index (χ2n) is 6.29. The van der Waals surface area contributed by atoms with Gasteiger partial charge in [0.2, 0.25) is 5.89 Å². The Morgan fingerprint density at radius 2 is 1.81 bits per heavy atom. The average Bonchev–Trinajstić information content (AvgIpc) is 3.28. The van der Waals surface area contributed by atoms with Gasteiger partial charge in [0.25, 0.3) is 0 Å². The highest BCUT2D eigenvalue weighted by Gasteiger charge is 2.19. The topological polar surface area (TPSA) is 54.5 Å². The fourth-order valence-electron chi connectivity index (χ4n) is 3.01. The zero-order chi connectivity index (χ0) is 17.9. The van der Waals surface area contributed by atoms with E-state index in [9.17, 15) is 9.18 Å². The maximum absolute atomic E-state index is 13.0. The van der Waals surface area contributed by atoms with E-state index in [1.54, 1.807) is 23.5 Å². The molecular weight excluding hydrogens is 355 g/mol. The van der Waals surface area contributed by atoms with Crippen molar-refractivity contribution >= 4 is 11.3 Å². The van der Waals surface area contributed by atoms with Crippen LogP contribution in [0.5, 0.6) is 0 Å². The molecule has 3 heterocycles. The van der Waals surface area contributed by atoms with Gasteiger partial charge >= 0.3 is 5.76 Å². The first-order valence-electron chi connectivity index (χ1n) is 8.48. The zero-order valence-corrected chi connectivity index (χ0v) is 15.0. The molecule has 1 saturated heterocycles. The van der Waals surface area contributed by atoms with Crippen LogP contribution in [0.1, 0.15) is 4.88 Å². The maximum Gasteiger partial charge on any atom is 0.438 e. The highest BCUT2D eigenvalue weighted by Crippen LogP contribution is 2.16. The summed E-state index contributed by atoms with van der Waals surface area (Å²) in [5.74, 6) is -0.618. The number of halogens is 1. The molecule has 2 aromatic heterocycles. The summed E-state index contributed by atoms with van der Waals surface area (Å²) < 4.78 is 19.6. The summed E-state index contributed by atoms with van der Waals surface area (Å²) >= 11 is 1.78. The van der Waals surface area contributed by atoms with E-state index in [2.05, 4.69) is 32.4 Å². The van der Waals surface area contributed by atoms with E-state index in [1.165, 1.54) is 21.7 Å². The third-order valence-electron chi connectivity index (χ3n) is 4.46. The Labute approximate surface area is 154 Å². The number of hydrogen-bond acceptors (Lipinski definition) is 6. The lowest BCUT2D eigenvalue weighted by molar-refractivity contribution is 0.0970. The summed E-state index contributed by atoms with van der Waals surface area (Å²) in [6, 6.07) is 9.97. The Hall–Kier alpha value is -2.29. The monoisotopic (exact) mass is 374 g/mol. The Balaban J connectivity index is 1.36. The van der Waals surface area contributed by atoms with Gasteiger partial charge in [-0.25, -0.2) is 9.18 Å². The van der Waals surface area contributed by atoms with Crippen LogP contribution in [0.15, 0.2) is 51.0 Å². The fourth-order valence-corrected chi connectivity index (χ4v) is 3.75. The molecule has 0 radical (unpaired) electrons. The molecule has 4 rings (SSSR count). The third kappa shape index (κ3) is 3.92. The predicted molar refractivity (Wildman–Crippen MR) is 97.3 cm³/mol. The van der Waals surface area contributed by atoms with Crippen molar-refractivity contribution in [3.05, 3.63) is 63.0 Å². The van der Waals surface area contributed by atoms with Crippen molar-refractivity contribution in [2.75, 3.05) is 26.2 Å². The van der Waals surface area contributed by atoms with Crippen LogP contribution in [0.25, 0.3) is 11.5 Å². The number of hydrogen-bond donors (Lipinski definition) is 0. The van der Waals surface area contributed by atoms with Gasteiger partial charge in [0.05, 0.1) is 0 Å². The van der Waals surface area contributed by atoms with E-state index in [0.29, 0.717) is 12.2 Å². The minimum Gasteiger partial charge on any atom is -0.388 e. The molecule has 3 aromatic rings. The largest absolute Gasteiger partial charge is 0.438 e. The molecule has 6 nitrogen and oxygen atoms in total. The molecule has 136 valence electrons. The number of thiophene rings is 1. The van der Waals surface area contributed by atoms with Crippen LogP contribution in [0, 0.1) is 5.82 Å². The SMILES string of the molecule is O=c1oc(-c2ccc(F)cc2)nn1CN1CCN(Cc2cccs2)CC1. The molecule has 0 unspecified atom stereocenters. The molecular formula is C18H19FN4O2S. The van der Waals surface area contributed by atoms with Gasteiger partial charge in [-0.15, -0.1) is 16.4 Å². The van der Waals surface area contributed by atoms with Crippen LogP contribution in [0.4, 0.5) is 4.39 Å². The predicted octanol–water partition coefficient (Wildman–Crippen LogP) is 2.48. The van der Waals surface area contributed by atoms with Crippen molar-refractivity contribution in [1.29, 1.82) is 0 Å². The normalized spacial score (nSPS) is 16.2. The van der Waals surface area contributed by atoms with E-state index >= 15 is 0 Å². The molecule has 1 aliphatic heterocycles. The van der Waals surface area contributed by atoms with Gasteiger partial charge in [0.15, 0.2) is 0 Å². The quantitative estimate of drug-likeness (QED) is 0.687. The Morgan fingerprint density at radius 1 is 1.08 bits per heavy atom. The second-order valence-corrected chi connectivity index (χ2v) is 7.33. The summed E-state index contributed by atoms with van der Waals surface area (Å²) in [6.45, 7) is 5.03. The highest BCUT2D eigenvalue weighted by atomic mass is 32.1. The average molecular weight is 374 g/mol. The van der Waals surface area contributed by atoms with Gasteiger partial charge in [-0.05, 0) is 35.7 Å². The number of nitrogens with zero attached hydrogens (tertiary/aromatic N) is 4. The van der Waals surface area contributed by atoms with Gasteiger partial charge < -0.3 is 4.42 Å². The molecule has 1 fully saturated rings. The molecule has 0 saturated carbocycles. The van der Waals surface area contributed by atoms with Crippen molar-refractivity contribution in [1.82, 2.24) is 19.6 Å². The van der Waals surface area contributed by atoms with E-state index in [0.717, 1.165) is 32.7 Å². The molecule has 26 heavy (non-hydrogen) atoms. The summed E-state index contributed by atoms with van der Waals surface area (Å²) in [5, 5.41) is 6.34. The molecule has 0 N–H and O–H groups in total. The first-order chi connectivity index (χ1) is 12.7. The second kappa shape index (κ2) is 7.53. The van der Waals surface area contributed by atoms with Gasteiger partial charge in [0, 0.05) is 43.2 Å². The van der Waals surface area contributed by atoms with Crippen LogP contribution >= 0.6 is 11.3 Å². The number of rotatable bonds is 5. The van der Waals surface area contributed by atoms with Crippen LogP contribution < -0.4 is 5.76 Å². The summed E-state index contributed by atoms with van der Waals surface area (Å²) in [5.41, 5.74) is 0.586. The van der Waals surface area contributed by atoms with Crippen LogP contribution in [0.3, 0.4) is 0 Å². The Kier molecular flexibility index (Phi) is 4.96. The van der Waals surface area contributed by atoms with E-state index in [1.807, 2.05) is 0 Å². The minimum atomic E-state index is -0.495. The van der Waals surface area contributed by atoms with E-state index in [4.69, 9.17) is 4.42 Å². The third-order valence-corrected chi connectivity index (χ3v) is 5.32. The summed E-state index contributed by atoms with van der Waals surface area (Å²) in [4.78, 5) is 18.0. The van der Waals surface area contributed by atoms with Crippen molar-refractivity contribution in [2.24, 2.45) is 0 Å². The van der Waals surface area contributed by atoms with Crippen LogP contribution in [-0.4, -0.2) is 45.8 Å². The Bertz CT molecular complexity index is 896. The highest BCUT2D eigenvalue weighted by molar-refractivity contribution is 7.09. The number of aromatic nitrogens is 2. The molecule has 8 heteroatoms. The van der Waals surface area contributed by atoms with Gasteiger partial charge in [-0.1, -0.05) is 6.07 Å². The molecule has 0 aliphatic carbocycles. The molecule has 0 amide bonds. The van der Waals surface area contributed by atoms with Crippen molar-refractivity contribution in [3.8, 4) is 11.5 Å². The van der Waals surface area contributed by atoms with Gasteiger partial charge in [-0.3, -0.25) is 9.80 Å². The number of benzene rings is 1. The smallest absolute Gasteiger partial charge is 0.388 e. The van der Waals surface area contributed by atoms with Crippen LogP contribution in [-0.2, 0) is 13.2 Å². The molecule has 1 aromatic carbocycles. The van der Waals surface area contributed by atoms with Crippen molar-refractivity contribution < 1.29 is 8.81 Å². The zero-order valence-electron chi connectivity index (χ0n) is 14.2.